The van der Waals surface area contributed by atoms with E-state index in [4.69, 9.17) is 11.6 Å². The second-order valence-electron chi connectivity index (χ2n) is 7.59. The van der Waals surface area contributed by atoms with E-state index in [2.05, 4.69) is 21.2 Å². The molecule has 3 amide bonds. The van der Waals surface area contributed by atoms with Gasteiger partial charge in [0.05, 0.1) is 16.8 Å². The highest BCUT2D eigenvalue weighted by atomic mass is 35.5. The number of hydrogen-bond donors (Lipinski definition) is 3. The first-order valence-electron chi connectivity index (χ1n) is 10.5. The van der Waals surface area contributed by atoms with Gasteiger partial charge in [0.25, 0.3) is 11.8 Å². The minimum Gasteiger partial charge on any atom is -0.352 e. The average Bonchev–Trinajstić information content (AvgIpc) is 2.86. The fourth-order valence-corrected chi connectivity index (χ4v) is 3.51. The molecule has 0 aliphatic carbocycles. The molecular weight excluding hydrogens is 452 g/mol. The van der Waals surface area contributed by atoms with E-state index in [0.717, 1.165) is 11.1 Å². The van der Waals surface area contributed by atoms with Crippen LogP contribution in [0.1, 0.15) is 33.2 Å². The molecule has 3 aromatic carbocycles. The number of pyridine rings is 1. The number of amides is 3. The number of carbonyl (C=O) groups excluding carboxylic acids is 3. The van der Waals surface area contributed by atoms with Crippen LogP contribution in [0.3, 0.4) is 0 Å². The summed E-state index contributed by atoms with van der Waals surface area (Å²) < 4.78 is 0. The number of benzene rings is 3. The van der Waals surface area contributed by atoms with Gasteiger partial charge in [0.2, 0.25) is 5.91 Å². The van der Waals surface area contributed by atoms with Gasteiger partial charge in [0.15, 0.2) is 0 Å². The van der Waals surface area contributed by atoms with E-state index >= 15 is 0 Å². The number of para-hydroxylation sites is 1. The SMILES string of the molecule is CC(=O)NCc1ccc(C(=O)NNC(=O)c2cc(-c3ccc(Cl)cc3)nc3ccccc23)cc1. The number of hydrogen-bond acceptors (Lipinski definition) is 4. The molecule has 0 spiro atoms. The lowest BCUT2D eigenvalue weighted by Gasteiger charge is -2.12. The van der Waals surface area contributed by atoms with Crippen molar-refractivity contribution >= 4 is 40.2 Å². The van der Waals surface area contributed by atoms with E-state index in [0.29, 0.717) is 39.3 Å². The van der Waals surface area contributed by atoms with Crippen molar-refractivity contribution in [2.75, 3.05) is 0 Å². The van der Waals surface area contributed by atoms with E-state index in [1.807, 2.05) is 30.3 Å². The van der Waals surface area contributed by atoms with Crippen molar-refractivity contribution < 1.29 is 14.4 Å². The van der Waals surface area contributed by atoms with Crippen LogP contribution in [0.4, 0.5) is 0 Å². The first-order chi connectivity index (χ1) is 16.4. The van der Waals surface area contributed by atoms with Gasteiger partial charge >= 0.3 is 0 Å². The maximum Gasteiger partial charge on any atom is 0.270 e. The Labute approximate surface area is 201 Å². The molecule has 1 aromatic heterocycles. The molecule has 0 aliphatic rings. The van der Waals surface area contributed by atoms with E-state index in [1.54, 1.807) is 48.5 Å². The van der Waals surface area contributed by atoms with Crippen LogP contribution in [0.15, 0.2) is 78.9 Å². The van der Waals surface area contributed by atoms with Gasteiger partial charge in [0.1, 0.15) is 0 Å². The van der Waals surface area contributed by atoms with Crippen LogP contribution in [0.5, 0.6) is 0 Å². The van der Waals surface area contributed by atoms with Crippen LogP contribution < -0.4 is 16.2 Å². The lowest BCUT2D eigenvalue weighted by molar-refractivity contribution is -0.119. The first kappa shape index (κ1) is 22.9. The van der Waals surface area contributed by atoms with Gasteiger partial charge in [-0.15, -0.1) is 0 Å². The highest BCUT2D eigenvalue weighted by molar-refractivity contribution is 6.30. The molecule has 0 fully saturated rings. The molecular formula is C26H21ClN4O3. The van der Waals surface area contributed by atoms with Crippen molar-refractivity contribution in [1.29, 1.82) is 0 Å². The molecule has 7 nitrogen and oxygen atoms in total. The Morgan fingerprint density at radius 3 is 2.24 bits per heavy atom. The molecule has 8 heteroatoms. The molecule has 0 radical (unpaired) electrons. The van der Waals surface area contributed by atoms with Crippen molar-refractivity contribution in [3.05, 3.63) is 101 Å². The fourth-order valence-electron chi connectivity index (χ4n) is 3.39. The monoisotopic (exact) mass is 472 g/mol. The maximum absolute atomic E-state index is 13.0. The molecule has 0 saturated heterocycles. The van der Waals surface area contributed by atoms with Crippen LogP contribution in [0, 0.1) is 0 Å². The minimum atomic E-state index is -0.468. The van der Waals surface area contributed by atoms with Gasteiger partial charge < -0.3 is 5.32 Å². The third kappa shape index (κ3) is 5.39. The quantitative estimate of drug-likeness (QED) is 0.378. The lowest BCUT2D eigenvalue weighted by Crippen LogP contribution is -2.41. The summed E-state index contributed by atoms with van der Waals surface area (Å²) in [7, 11) is 0. The van der Waals surface area contributed by atoms with Gasteiger partial charge in [-0.25, -0.2) is 4.98 Å². The Morgan fingerprint density at radius 1 is 0.853 bits per heavy atom. The van der Waals surface area contributed by atoms with Crippen molar-refractivity contribution in [1.82, 2.24) is 21.2 Å². The van der Waals surface area contributed by atoms with Crippen LogP contribution in [-0.4, -0.2) is 22.7 Å². The highest BCUT2D eigenvalue weighted by Crippen LogP contribution is 2.26. The van der Waals surface area contributed by atoms with Gasteiger partial charge in [-0.2, -0.15) is 0 Å². The number of halogens is 1. The predicted molar refractivity (Wildman–Crippen MR) is 131 cm³/mol. The molecule has 0 unspecified atom stereocenters. The van der Waals surface area contributed by atoms with Crippen LogP contribution >= 0.6 is 11.6 Å². The normalized spacial score (nSPS) is 10.5. The van der Waals surface area contributed by atoms with Gasteiger partial charge in [-0.3, -0.25) is 25.2 Å². The summed E-state index contributed by atoms with van der Waals surface area (Å²) in [4.78, 5) is 41.2. The molecule has 170 valence electrons. The second kappa shape index (κ2) is 10.1. The number of hydrazine groups is 1. The van der Waals surface area contributed by atoms with E-state index in [9.17, 15) is 14.4 Å². The van der Waals surface area contributed by atoms with Crippen molar-refractivity contribution in [3.63, 3.8) is 0 Å². The Morgan fingerprint density at radius 2 is 1.53 bits per heavy atom. The van der Waals surface area contributed by atoms with Crippen molar-refractivity contribution in [3.8, 4) is 11.3 Å². The predicted octanol–water partition coefficient (Wildman–Crippen LogP) is 4.27. The van der Waals surface area contributed by atoms with Gasteiger partial charge in [-0.1, -0.05) is 54.1 Å². The number of nitrogens with zero attached hydrogens (tertiary/aromatic N) is 1. The largest absolute Gasteiger partial charge is 0.352 e. The highest BCUT2D eigenvalue weighted by Gasteiger charge is 2.15. The van der Waals surface area contributed by atoms with Crippen LogP contribution in [-0.2, 0) is 11.3 Å². The molecule has 0 aliphatic heterocycles. The number of fused-ring (bicyclic) bond motifs is 1. The molecule has 1 heterocycles. The van der Waals surface area contributed by atoms with E-state index < -0.39 is 11.8 Å². The van der Waals surface area contributed by atoms with E-state index in [-0.39, 0.29) is 5.91 Å². The summed E-state index contributed by atoms with van der Waals surface area (Å²) in [6.07, 6.45) is 0. The first-order valence-corrected chi connectivity index (χ1v) is 10.9. The number of rotatable bonds is 5. The Kier molecular flexibility index (Phi) is 6.85. The van der Waals surface area contributed by atoms with Gasteiger partial charge in [0, 0.05) is 35.0 Å². The van der Waals surface area contributed by atoms with Crippen LogP contribution in [0.25, 0.3) is 22.2 Å². The number of carbonyl (C=O) groups is 3. The Bertz CT molecular complexity index is 1370. The van der Waals surface area contributed by atoms with Crippen molar-refractivity contribution in [2.45, 2.75) is 13.5 Å². The Hall–Kier alpha value is -4.23. The average molecular weight is 473 g/mol. The standard InChI is InChI=1S/C26H21ClN4O3/c1-16(32)28-15-17-6-8-19(9-7-17)25(33)30-31-26(34)22-14-24(18-10-12-20(27)13-11-18)29-23-5-3-2-4-21(22)23/h2-14H,15H2,1H3,(H,28,32)(H,30,33)(H,31,34). The third-order valence-corrected chi connectivity index (χ3v) is 5.40. The third-order valence-electron chi connectivity index (χ3n) is 5.15. The summed E-state index contributed by atoms with van der Waals surface area (Å²) in [6.45, 7) is 1.81. The second-order valence-corrected chi connectivity index (χ2v) is 8.03. The summed E-state index contributed by atoms with van der Waals surface area (Å²) >= 11 is 5.99. The number of nitrogens with one attached hydrogen (secondary N) is 3. The molecule has 0 saturated carbocycles. The van der Waals surface area contributed by atoms with Crippen LogP contribution in [0.2, 0.25) is 5.02 Å². The summed E-state index contributed by atoms with van der Waals surface area (Å²) in [5, 5.41) is 3.96. The van der Waals surface area contributed by atoms with Crippen molar-refractivity contribution in [2.24, 2.45) is 0 Å². The van der Waals surface area contributed by atoms with Gasteiger partial charge in [-0.05, 0) is 42.0 Å². The Balaban J connectivity index is 1.52. The summed E-state index contributed by atoms with van der Waals surface area (Å²) in [6, 6.07) is 22.9. The zero-order valence-electron chi connectivity index (χ0n) is 18.3. The molecule has 0 bridgehead atoms. The molecule has 0 atom stereocenters. The fraction of sp³-hybridized carbons (Fsp3) is 0.0769. The smallest absolute Gasteiger partial charge is 0.270 e. The minimum absolute atomic E-state index is 0.132. The molecule has 3 N–H and O–H groups in total. The molecule has 4 aromatic rings. The molecule has 34 heavy (non-hydrogen) atoms. The number of aromatic nitrogens is 1. The molecule has 4 rings (SSSR count). The lowest BCUT2D eigenvalue weighted by atomic mass is 10.0. The zero-order valence-corrected chi connectivity index (χ0v) is 19.0. The summed E-state index contributed by atoms with van der Waals surface area (Å²) in [5.41, 5.74) is 8.62. The van der Waals surface area contributed by atoms with E-state index in [1.165, 1.54) is 6.92 Å². The maximum atomic E-state index is 13.0. The topological polar surface area (TPSA) is 100 Å². The zero-order chi connectivity index (χ0) is 24.1. The summed E-state index contributed by atoms with van der Waals surface area (Å²) in [5.74, 6) is -1.06.